The third-order valence-electron chi connectivity index (χ3n) is 6.89. The van der Waals surface area contributed by atoms with Crippen molar-refractivity contribution in [2.24, 2.45) is 5.92 Å². The molecule has 0 amide bonds. The molecular formula is C28H52O2. The lowest BCUT2D eigenvalue weighted by atomic mass is 9.89. The normalized spacial score (nSPS) is 21.3. The number of hydrogen-bond donors (Lipinski definition) is 1. The zero-order valence-electron chi connectivity index (χ0n) is 20.1. The molecule has 0 aromatic carbocycles. The number of rotatable bonds is 12. The second-order valence-electron chi connectivity index (χ2n) is 9.79. The SMILES string of the molecule is O=C(O)CCCCCCCCCCCC1CCCCCC/C=C/CCCCCCC1. The van der Waals surface area contributed by atoms with E-state index in [1.165, 1.54) is 135 Å². The fourth-order valence-corrected chi connectivity index (χ4v) is 4.89. The summed E-state index contributed by atoms with van der Waals surface area (Å²) in [5, 5.41) is 8.65. The quantitative estimate of drug-likeness (QED) is 0.252. The van der Waals surface area contributed by atoms with E-state index in [1.807, 2.05) is 0 Å². The molecule has 1 rings (SSSR count). The van der Waals surface area contributed by atoms with Crippen molar-refractivity contribution in [3.8, 4) is 0 Å². The van der Waals surface area contributed by atoms with Gasteiger partial charge in [-0.05, 0) is 38.0 Å². The highest BCUT2D eigenvalue weighted by molar-refractivity contribution is 5.66. The average molecular weight is 421 g/mol. The Labute approximate surface area is 188 Å². The largest absolute Gasteiger partial charge is 0.481 e. The molecule has 1 unspecified atom stereocenters. The van der Waals surface area contributed by atoms with Gasteiger partial charge in [0.25, 0.3) is 0 Å². The molecule has 0 saturated carbocycles. The van der Waals surface area contributed by atoms with E-state index in [9.17, 15) is 4.79 Å². The van der Waals surface area contributed by atoms with Gasteiger partial charge in [-0.3, -0.25) is 4.79 Å². The zero-order chi connectivity index (χ0) is 21.5. The molecule has 1 aliphatic carbocycles. The van der Waals surface area contributed by atoms with Gasteiger partial charge < -0.3 is 5.11 Å². The van der Waals surface area contributed by atoms with Crippen molar-refractivity contribution in [3.63, 3.8) is 0 Å². The van der Waals surface area contributed by atoms with Crippen molar-refractivity contribution in [1.82, 2.24) is 0 Å². The van der Waals surface area contributed by atoms with Gasteiger partial charge >= 0.3 is 5.97 Å². The van der Waals surface area contributed by atoms with Crippen LogP contribution >= 0.6 is 0 Å². The minimum absolute atomic E-state index is 0.346. The van der Waals surface area contributed by atoms with Crippen molar-refractivity contribution in [3.05, 3.63) is 12.2 Å². The molecule has 1 aliphatic rings. The minimum atomic E-state index is -0.647. The molecule has 0 aromatic rings. The molecule has 2 nitrogen and oxygen atoms in total. The Morgan fingerprint density at radius 2 is 1.03 bits per heavy atom. The van der Waals surface area contributed by atoms with Crippen LogP contribution in [-0.4, -0.2) is 11.1 Å². The molecule has 0 radical (unpaired) electrons. The Morgan fingerprint density at radius 3 is 1.57 bits per heavy atom. The predicted octanol–water partition coefficient (Wildman–Crippen LogP) is 9.62. The van der Waals surface area contributed by atoms with Crippen LogP contribution in [0.4, 0.5) is 0 Å². The van der Waals surface area contributed by atoms with Crippen LogP contribution in [0.25, 0.3) is 0 Å². The summed E-state index contributed by atoms with van der Waals surface area (Å²) in [6.07, 6.45) is 36.5. The van der Waals surface area contributed by atoms with Crippen LogP contribution in [0.15, 0.2) is 12.2 Å². The van der Waals surface area contributed by atoms with E-state index in [-0.39, 0.29) is 0 Å². The molecule has 0 aliphatic heterocycles. The number of unbranched alkanes of at least 4 members (excludes halogenated alkanes) is 8. The molecule has 0 aromatic heterocycles. The van der Waals surface area contributed by atoms with E-state index in [0.717, 1.165) is 18.8 Å². The van der Waals surface area contributed by atoms with Crippen molar-refractivity contribution >= 4 is 5.97 Å². The van der Waals surface area contributed by atoms with E-state index in [2.05, 4.69) is 12.2 Å². The third kappa shape index (κ3) is 19.2. The molecule has 0 heterocycles. The fourth-order valence-electron chi connectivity index (χ4n) is 4.89. The second-order valence-corrected chi connectivity index (χ2v) is 9.79. The van der Waals surface area contributed by atoms with Crippen molar-refractivity contribution in [2.45, 2.75) is 154 Å². The Bertz CT molecular complexity index is 401. The van der Waals surface area contributed by atoms with Gasteiger partial charge in [0.2, 0.25) is 0 Å². The summed E-state index contributed by atoms with van der Waals surface area (Å²) in [6, 6.07) is 0. The van der Waals surface area contributed by atoms with Crippen LogP contribution in [-0.2, 0) is 4.79 Å². The Balaban J connectivity index is 2.05. The highest BCUT2D eigenvalue weighted by Crippen LogP contribution is 2.25. The molecule has 0 bridgehead atoms. The maximum absolute atomic E-state index is 10.5. The van der Waals surface area contributed by atoms with Gasteiger partial charge in [-0.1, -0.05) is 128 Å². The number of aliphatic carboxylic acids is 1. The lowest BCUT2D eigenvalue weighted by Gasteiger charge is -2.17. The van der Waals surface area contributed by atoms with E-state index in [4.69, 9.17) is 5.11 Å². The number of allylic oxidation sites excluding steroid dienone is 2. The zero-order valence-corrected chi connectivity index (χ0v) is 20.1. The van der Waals surface area contributed by atoms with Crippen LogP contribution in [0.5, 0.6) is 0 Å². The van der Waals surface area contributed by atoms with Crippen molar-refractivity contribution in [1.29, 1.82) is 0 Å². The van der Waals surface area contributed by atoms with Gasteiger partial charge in [0.1, 0.15) is 0 Å². The Hall–Kier alpha value is -0.790. The fraction of sp³-hybridized carbons (Fsp3) is 0.893. The molecule has 1 N–H and O–H groups in total. The molecule has 0 saturated heterocycles. The number of carboxylic acid groups (broad SMARTS) is 1. The van der Waals surface area contributed by atoms with Crippen LogP contribution in [0.2, 0.25) is 0 Å². The number of hydrogen-bond acceptors (Lipinski definition) is 1. The summed E-state index contributed by atoms with van der Waals surface area (Å²) in [4.78, 5) is 10.5. The number of carboxylic acids is 1. The molecular weight excluding hydrogens is 368 g/mol. The van der Waals surface area contributed by atoms with Crippen molar-refractivity contribution < 1.29 is 9.90 Å². The second kappa shape index (κ2) is 21.4. The van der Waals surface area contributed by atoms with Gasteiger partial charge in [-0.15, -0.1) is 0 Å². The van der Waals surface area contributed by atoms with Crippen LogP contribution in [0.3, 0.4) is 0 Å². The molecule has 176 valence electrons. The summed E-state index contributed by atoms with van der Waals surface area (Å²) >= 11 is 0. The first-order valence-corrected chi connectivity index (χ1v) is 13.7. The lowest BCUT2D eigenvalue weighted by molar-refractivity contribution is -0.137. The minimum Gasteiger partial charge on any atom is -0.481 e. The van der Waals surface area contributed by atoms with Gasteiger partial charge in [0.15, 0.2) is 0 Å². The monoisotopic (exact) mass is 420 g/mol. The van der Waals surface area contributed by atoms with Crippen LogP contribution < -0.4 is 0 Å². The number of carbonyl (C=O) groups is 1. The van der Waals surface area contributed by atoms with Gasteiger partial charge in [0, 0.05) is 6.42 Å². The molecule has 2 heteroatoms. The van der Waals surface area contributed by atoms with Crippen LogP contribution in [0.1, 0.15) is 154 Å². The highest BCUT2D eigenvalue weighted by Gasteiger charge is 2.09. The predicted molar refractivity (Wildman–Crippen MR) is 131 cm³/mol. The maximum atomic E-state index is 10.5. The first kappa shape index (κ1) is 27.2. The van der Waals surface area contributed by atoms with Crippen LogP contribution in [0, 0.1) is 5.92 Å². The van der Waals surface area contributed by atoms with Gasteiger partial charge in [0.05, 0.1) is 0 Å². The first-order valence-electron chi connectivity index (χ1n) is 13.7. The third-order valence-corrected chi connectivity index (χ3v) is 6.89. The van der Waals surface area contributed by atoms with E-state index < -0.39 is 5.97 Å². The molecule has 0 fully saturated rings. The Morgan fingerprint density at radius 1 is 0.600 bits per heavy atom. The molecule has 0 spiro atoms. The molecule has 1 atom stereocenters. The summed E-state index contributed by atoms with van der Waals surface area (Å²) in [7, 11) is 0. The summed E-state index contributed by atoms with van der Waals surface area (Å²) in [5.41, 5.74) is 0. The topological polar surface area (TPSA) is 37.3 Å². The van der Waals surface area contributed by atoms with Gasteiger partial charge in [-0.25, -0.2) is 0 Å². The Kier molecular flexibility index (Phi) is 19.5. The summed E-state index contributed by atoms with van der Waals surface area (Å²) < 4.78 is 0. The summed E-state index contributed by atoms with van der Waals surface area (Å²) in [6.45, 7) is 0. The van der Waals surface area contributed by atoms with E-state index >= 15 is 0 Å². The van der Waals surface area contributed by atoms with Gasteiger partial charge in [-0.2, -0.15) is 0 Å². The summed E-state index contributed by atoms with van der Waals surface area (Å²) in [5.74, 6) is 0.345. The smallest absolute Gasteiger partial charge is 0.303 e. The van der Waals surface area contributed by atoms with E-state index in [0.29, 0.717) is 6.42 Å². The molecule has 30 heavy (non-hydrogen) atoms. The van der Waals surface area contributed by atoms with E-state index in [1.54, 1.807) is 0 Å². The van der Waals surface area contributed by atoms with Crippen molar-refractivity contribution in [2.75, 3.05) is 0 Å². The lowest BCUT2D eigenvalue weighted by Crippen LogP contribution is -2.01. The first-order chi connectivity index (χ1) is 14.8. The standard InChI is InChI=1S/C28H52O2/c29-28(30)26-22-18-14-10-6-9-13-17-21-25-27-23-19-15-11-7-4-2-1-3-5-8-12-16-20-24-27/h1-2,27H,3-26H2,(H,29,30)/b2-1+. The average Bonchev–Trinajstić information content (AvgIpc) is 2.72. The highest BCUT2D eigenvalue weighted by atomic mass is 16.4. The maximum Gasteiger partial charge on any atom is 0.303 e.